The molecular weight excluding hydrogens is 233 g/mol. The van der Waals surface area contributed by atoms with Crippen LogP contribution in [0.1, 0.15) is 12.8 Å². The maximum atomic E-state index is 13.4. The molecule has 0 aromatic heterocycles. The number of nitrogens with zero attached hydrogens (tertiary/aromatic N) is 1. The highest BCUT2D eigenvalue weighted by Gasteiger charge is 2.22. The number of benzene rings is 1. The lowest BCUT2D eigenvalue weighted by molar-refractivity contribution is 0.189. The van der Waals surface area contributed by atoms with Crippen molar-refractivity contribution in [2.24, 2.45) is 0 Å². The largest absolute Gasteiger partial charge is 0.325 e. The summed E-state index contributed by atoms with van der Waals surface area (Å²) in [6, 6.07) is 6.15. The fraction of sp³-hybridized carbons (Fsp3) is 0.462. The van der Waals surface area contributed by atoms with Gasteiger partial charge in [-0.1, -0.05) is 12.1 Å². The van der Waals surface area contributed by atoms with Crippen molar-refractivity contribution in [3.05, 3.63) is 30.1 Å². The first kappa shape index (κ1) is 12.8. The van der Waals surface area contributed by atoms with Crippen LogP contribution in [0.5, 0.6) is 0 Å². The van der Waals surface area contributed by atoms with Gasteiger partial charge >= 0.3 is 6.03 Å². The molecule has 2 rings (SSSR count). The molecule has 0 atom stereocenters. The lowest BCUT2D eigenvalue weighted by Gasteiger charge is -2.31. The zero-order chi connectivity index (χ0) is 13.0. The first-order chi connectivity index (χ1) is 8.68. The van der Waals surface area contributed by atoms with Crippen LogP contribution in [0.2, 0.25) is 0 Å². The van der Waals surface area contributed by atoms with Crippen LogP contribution in [-0.2, 0) is 0 Å². The second kappa shape index (κ2) is 5.82. The van der Waals surface area contributed by atoms with Crippen LogP contribution in [0.3, 0.4) is 0 Å². The highest BCUT2D eigenvalue weighted by atomic mass is 19.1. The smallest absolute Gasteiger partial charge is 0.321 e. The van der Waals surface area contributed by atoms with Crippen molar-refractivity contribution in [2.75, 3.05) is 25.5 Å². The molecular formula is C13H18FN3O. The summed E-state index contributed by atoms with van der Waals surface area (Å²) < 4.78 is 13.4. The molecule has 1 aromatic carbocycles. The standard InChI is InChI=1S/C13H18FN3O/c1-17(10-6-8-15-9-7-10)13(18)16-12-5-3-2-4-11(12)14/h2-5,10,15H,6-9H2,1H3,(H,16,18). The van der Waals surface area contributed by atoms with Crippen LogP contribution in [0, 0.1) is 5.82 Å². The molecule has 0 radical (unpaired) electrons. The first-order valence-electron chi connectivity index (χ1n) is 6.17. The lowest BCUT2D eigenvalue weighted by Crippen LogP contribution is -2.45. The highest BCUT2D eigenvalue weighted by Crippen LogP contribution is 2.15. The molecule has 2 amide bonds. The summed E-state index contributed by atoms with van der Waals surface area (Å²) in [7, 11) is 1.76. The van der Waals surface area contributed by atoms with Crippen LogP contribution in [0.25, 0.3) is 0 Å². The Morgan fingerprint density at radius 2 is 2.06 bits per heavy atom. The summed E-state index contributed by atoms with van der Waals surface area (Å²) >= 11 is 0. The van der Waals surface area contributed by atoms with E-state index in [-0.39, 0.29) is 17.8 Å². The molecule has 0 bridgehead atoms. The summed E-state index contributed by atoms with van der Waals surface area (Å²) in [4.78, 5) is 13.7. The van der Waals surface area contributed by atoms with Gasteiger partial charge < -0.3 is 15.5 Å². The number of hydrogen-bond donors (Lipinski definition) is 2. The van der Waals surface area contributed by atoms with Crippen LogP contribution < -0.4 is 10.6 Å². The summed E-state index contributed by atoms with van der Waals surface area (Å²) in [5.74, 6) is -0.412. The number of urea groups is 1. The summed E-state index contributed by atoms with van der Waals surface area (Å²) in [5.41, 5.74) is 0.225. The van der Waals surface area contributed by atoms with Crippen molar-refractivity contribution in [1.29, 1.82) is 0 Å². The van der Waals surface area contributed by atoms with E-state index in [2.05, 4.69) is 10.6 Å². The van der Waals surface area contributed by atoms with E-state index in [9.17, 15) is 9.18 Å². The summed E-state index contributed by atoms with van der Waals surface area (Å²) in [6.45, 7) is 1.84. The number of piperidine rings is 1. The average molecular weight is 251 g/mol. The van der Waals surface area contributed by atoms with Gasteiger partial charge in [-0.25, -0.2) is 9.18 Å². The average Bonchev–Trinajstić information content (AvgIpc) is 2.41. The quantitative estimate of drug-likeness (QED) is 0.845. The van der Waals surface area contributed by atoms with Gasteiger partial charge in [0.15, 0.2) is 0 Å². The number of anilines is 1. The number of hydrogen-bond acceptors (Lipinski definition) is 2. The van der Waals surface area contributed by atoms with Crippen LogP contribution in [0.15, 0.2) is 24.3 Å². The minimum atomic E-state index is -0.412. The number of carbonyl (C=O) groups excluding carboxylic acids is 1. The predicted octanol–water partition coefficient (Wildman–Crippen LogP) is 2.04. The Balaban J connectivity index is 1.97. The van der Waals surface area contributed by atoms with Crippen molar-refractivity contribution in [3.63, 3.8) is 0 Å². The molecule has 0 aliphatic carbocycles. The molecule has 18 heavy (non-hydrogen) atoms. The molecule has 1 aliphatic rings. The molecule has 1 saturated heterocycles. The van der Waals surface area contributed by atoms with E-state index in [1.54, 1.807) is 30.1 Å². The Hall–Kier alpha value is -1.62. The van der Waals surface area contributed by atoms with Crippen molar-refractivity contribution in [1.82, 2.24) is 10.2 Å². The van der Waals surface area contributed by atoms with Crippen LogP contribution in [0.4, 0.5) is 14.9 Å². The highest BCUT2D eigenvalue weighted by molar-refractivity contribution is 5.89. The Morgan fingerprint density at radius 3 is 2.72 bits per heavy atom. The van der Waals surface area contributed by atoms with Gasteiger partial charge in [-0.15, -0.1) is 0 Å². The molecule has 4 nitrogen and oxygen atoms in total. The molecule has 2 N–H and O–H groups in total. The summed E-state index contributed by atoms with van der Waals surface area (Å²) in [5, 5.41) is 5.85. The molecule has 0 unspecified atom stereocenters. The van der Waals surface area contributed by atoms with E-state index in [1.807, 2.05) is 0 Å². The molecule has 98 valence electrons. The van der Waals surface area contributed by atoms with Crippen molar-refractivity contribution in [2.45, 2.75) is 18.9 Å². The monoisotopic (exact) mass is 251 g/mol. The number of halogens is 1. The maximum Gasteiger partial charge on any atom is 0.321 e. The van der Waals surface area contributed by atoms with Crippen LogP contribution >= 0.6 is 0 Å². The van der Waals surface area contributed by atoms with E-state index >= 15 is 0 Å². The molecule has 0 saturated carbocycles. The predicted molar refractivity (Wildman–Crippen MR) is 69.1 cm³/mol. The van der Waals surface area contributed by atoms with Gasteiger partial charge in [0, 0.05) is 13.1 Å². The SMILES string of the molecule is CN(C(=O)Nc1ccccc1F)C1CCNCC1. The topological polar surface area (TPSA) is 44.4 Å². The minimum absolute atomic E-state index is 0.220. The number of nitrogens with one attached hydrogen (secondary N) is 2. The Bertz CT molecular complexity index is 418. The molecule has 1 fully saturated rings. The summed E-state index contributed by atoms with van der Waals surface area (Å²) in [6.07, 6.45) is 1.86. The van der Waals surface area contributed by atoms with Crippen molar-refractivity contribution >= 4 is 11.7 Å². The fourth-order valence-electron chi connectivity index (χ4n) is 2.13. The number of carbonyl (C=O) groups is 1. The van der Waals surface area contributed by atoms with E-state index in [0.717, 1.165) is 25.9 Å². The Kier molecular flexibility index (Phi) is 4.15. The van der Waals surface area contributed by atoms with Gasteiger partial charge in [0.25, 0.3) is 0 Å². The number of amides is 2. The third-order valence-corrected chi connectivity index (χ3v) is 3.29. The van der Waals surface area contributed by atoms with E-state index < -0.39 is 5.82 Å². The van der Waals surface area contributed by atoms with Gasteiger partial charge in [-0.3, -0.25) is 0 Å². The third-order valence-electron chi connectivity index (χ3n) is 3.29. The zero-order valence-corrected chi connectivity index (χ0v) is 10.4. The second-order valence-corrected chi connectivity index (χ2v) is 4.50. The maximum absolute atomic E-state index is 13.4. The fourth-order valence-corrected chi connectivity index (χ4v) is 2.13. The van der Waals surface area contributed by atoms with E-state index in [0.29, 0.717) is 0 Å². The molecule has 5 heteroatoms. The van der Waals surface area contributed by atoms with Gasteiger partial charge in [0.05, 0.1) is 5.69 Å². The minimum Gasteiger partial charge on any atom is -0.325 e. The number of para-hydroxylation sites is 1. The molecule has 1 aliphatic heterocycles. The molecule has 1 aromatic rings. The lowest BCUT2D eigenvalue weighted by atomic mass is 10.1. The Labute approximate surface area is 106 Å². The van der Waals surface area contributed by atoms with Crippen molar-refractivity contribution in [3.8, 4) is 0 Å². The second-order valence-electron chi connectivity index (χ2n) is 4.50. The first-order valence-corrected chi connectivity index (χ1v) is 6.17. The van der Waals surface area contributed by atoms with E-state index in [1.165, 1.54) is 6.07 Å². The Morgan fingerprint density at radius 1 is 1.39 bits per heavy atom. The zero-order valence-electron chi connectivity index (χ0n) is 10.4. The van der Waals surface area contributed by atoms with Gasteiger partial charge in [0.2, 0.25) is 0 Å². The normalized spacial score (nSPS) is 16.3. The van der Waals surface area contributed by atoms with Crippen molar-refractivity contribution < 1.29 is 9.18 Å². The molecule has 0 spiro atoms. The van der Waals surface area contributed by atoms with Gasteiger partial charge in [-0.05, 0) is 38.1 Å². The third kappa shape index (κ3) is 2.98. The molecule has 1 heterocycles. The van der Waals surface area contributed by atoms with E-state index in [4.69, 9.17) is 0 Å². The van der Waals surface area contributed by atoms with Gasteiger partial charge in [-0.2, -0.15) is 0 Å². The number of rotatable bonds is 2. The van der Waals surface area contributed by atoms with Gasteiger partial charge in [0.1, 0.15) is 5.82 Å². The van der Waals surface area contributed by atoms with Crippen LogP contribution in [-0.4, -0.2) is 37.1 Å².